The number of rotatable bonds is 6. The number of hydrogen-bond acceptors (Lipinski definition) is 4. The molecule has 0 aliphatic heterocycles. The van der Waals surface area contributed by atoms with Crippen molar-refractivity contribution in [1.82, 2.24) is 4.72 Å². The van der Waals surface area contributed by atoms with Gasteiger partial charge in [0, 0.05) is 0 Å². The third-order valence-corrected chi connectivity index (χ3v) is 4.93. The van der Waals surface area contributed by atoms with Crippen LogP contribution in [0, 0.1) is 12.8 Å². The van der Waals surface area contributed by atoms with Crippen LogP contribution in [-0.4, -0.2) is 27.5 Å². The third-order valence-electron chi connectivity index (χ3n) is 3.33. The average Bonchev–Trinajstić information content (AvgIpc) is 2.43. The monoisotopic (exact) mass is 299 g/mol. The molecule has 0 aliphatic carbocycles. The van der Waals surface area contributed by atoms with Gasteiger partial charge in [-0.05, 0) is 24.5 Å². The molecule has 0 aliphatic rings. The van der Waals surface area contributed by atoms with Crippen molar-refractivity contribution in [3.63, 3.8) is 0 Å². The van der Waals surface area contributed by atoms with Gasteiger partial charge < -0.3 is 4.74 Å². The molecule has 0 fully saturated rings. The number of hydrogen-bond donors (Lipinski definition) is 1. The van der Waals surface area contributed by atoms with Crippen LogP contribution in [0.5, 0.6) is 0 Å². The van der Waals surface area contributed by atoms with Crippen LogP contribution in [0.15, 0.2) is 29.2 Å². The molecular formula is C14H21NO4S. The highest BCUT2D eigenvalue weighted by molar-refractivity contribution is 7.89. The van der Waals surface area contributed by atoms with Crippen molar-refractivity contribution >= 4 is 16.0 Å². The normalized spacial score (nSPS) is 14.6. The fraction of sp³-hybridized carbons (Fsp3) is 0.500. The number of esters is 1. The highest BCUT2D eigenvalue weighted by Gasteiger charge is 2.30. The van der Waals surface area contributed by atoms with E-state index in [1.807, 2.05) is 13.8 Å². The van der Waals surface area contributed by atoms with Crippen LogP contribution < -0.4 is 4.72 Å². The summed E-state index contributed by atoms with van der Waals surface area (Å²) in [5, 5.41) is 0. The van der Waals surface area contributed by atoms with E-state index in [-0.39, 0.29) is 10.8 Å². The molecule has 0 saturated heterocycles. The molecule has 2 unspecified atom stereocenters. The lowest BCUT2D eigenvalue weighted by Crippen LogP contribution is -2.45. The predicted molar refractivity (Wildman–Crippen MR) is 76.8 cm³/mol. The van der Waals surface area contributed by atoms with Crippen molar-refractivity contribution in [2.45, 2.75) is 38.1 Å². The smallest absolute Gasteiger partial charge is 0.324 e. The molecule has 112 valence electrons. The molecule has 1 N–H and O–H groups in total. The lowest BCUT2D eigenvalue weighted by atomic mass is 10.0. The van der Waals surface area contributed by atoms with Crippen molar-refractivity contribution in [3.8, 4) is 0 Å². The quantitative estimate of drug-likeness (QED) is 0.814. The Morgan fingerprint density at radius 1 is 1.35 bits per heavy atom. The minimum Gasteiger partial charge on any atom is -0.468 e. The summed E-state index contributed by atoms with van der Waals surface area (Å²) in [7, 11) is -2.50. The van der Waals surface area contributed by atoms with Gasteiger partial charge >= 0.3 is 5.97 Å². The van der Waals surface area contributed by atoms with Gasteiger partial charge in [0.2, 0.25) is 10.0 Å². The van der Waals surface area contributed by atoms with Crippen molar-refractivity contribution in [3.05, 3.63) is 29.8 Å². The van der Waals surface area contributed by atoms with Crippen molar-refractivity contribution in [1.29, 1.82) is 0 Å². The minimum atomic E-state index is -3.75. The zero-order valence-corrected chi connectivity index (χ0v) is 13.0. The first kappa shape index (κ1) is 16.7. The van der Waals surface area contributed by atoms with Crippen LogP contribution in [0.2, 0.25) is 0 Å². The van der Waals surface area contributed by atoms with Gasteiger partial charge in [-0.3, -0.25) is 4.79 Å². The van der Waals surface area contributed by atoms with Crippen molar-refractivity contribution in [2.75, 3.05) is 7.11 Å². The standard InChI is InChI=1S/C14H21NO4S/c1-5-10(2)13(14(16)19-4)15-20(17,18)12-9-7-6-8-11(12)3/h6-10,13,15H,5H2,1-4H3. The van der Waals surface area contributed by atoms with E-state index in [4.69, 9.17) is 0 Å². The van der Waals surface area contributed by atoms with E-state index in [2.05, 4.69) is 9.46 Å². The van der Waals surface area contributed by atoms with Crippen molar-refractivity contribution < 1.29 is 17.9 Å². The summed E-state index contributed by atoms with van der Waals surface area (Å²) >= 11 is 0. The maximum absolute atomic E-state index is 12.4. The summed E-state index contributed by atoms with van der Waals surface area (Å²) in [5.74, 6) is -0.724. The molecule has 0 bridgehead atoms. The van der Waals surface area contributed by atoms with E-state index in [0.717, 1.165) is 0 Å². The molecule has 20 heavy (non-hydrogen) atoms. The number of ether oxygens (including phenoxy) is 1. The third kappa shape index (κ3) is 3.80. The van der Waals surface area contributed by atoms with E-state index < -0.39 is 22.0 Å². The second-order valence-corrected chi connectivity index (χ2v) is 6.46. The molecule has 2 atom stereocenters. The first-order chi connectivity index (χ1) is 9.33. The lowest BCUT2D eigenvalue weighted by Gasteiger charge is -2.22. The molecule has 0 aromatic heterocycles. The van der Waals surface area contributed by atoms with Gasteiger partial charge in [0.15, 0.2) is 0 Å². The van der Waals surface area contributed by atoms with Gasteiger partial charge in [0.25, 0.3) is 0 Å². The van der Waals surface area contributed by atoms with Gasteiger partial charge in [0.1, 0.15) is 6.04 Å². The van der Waals surface area contributed by atoms with E-state index in [1.165, 1.54) is 13.2 Å². The van der Waals surface area contributed by atoms with Crippen LogP contribution in [0.4, 0.5) is 0 Å². The first-order valence-electron chi connectivity index (χ1n) is 6.49. The van der Waals surface area contributed by atoms with E-state index >= 15 is 0 Å². The molecular weight excluding hydrogens is 278 g/mol. The Labute approximate surface area is 120 Å². The number of sulfonamides is 1. The second kappa shape index (κ2) is 6.85. The number of nitrogens with one attached hydrogen (secondary N) is 1. The van der Waals surface area contributed by atoms with Gasteiger partial charge in [0.05, 0.1) is 12.0 Å². The largest absolute Gasteiger partial charge is 0.468 e. The van der Waals surface area contributed by atoms with Gasteiger partial charge in [-0.25, -0.2) is 8.42 Å². The number of aryl methyl sites for hydroxylation is 1. The Bertz CT molecular complexity index is 568. The van der Waals surface area contributed by atoms with Crippen LogP contribution in [-0.2, 0) is 19.6 Å². The topological polar surface area (TPSA) is 72.5 Å². The molecule has 1 aromatic rings. The van der Waals surface area contributed by atoms with Gasteiger partial charge in [-0.1, -0.05) is 38.5 Å². The minimum absolute atomic E-state index is 0.152. The Hall–Kier alpha value is -1.40. The second-order valence-electron chi connectivity index (χ2n) is 4.77. The summed E-state index contributed by atoms with van der Waals surface area (Å²) in [6, 6.07) is 5.77. The number of methoxy groups -OCH3 is 1. The lowest BCUT2D eigenvalue weighted by molar-refractivity contribution is -0.143. The maximum Gasteiger partial charge on any atom is 0.324 e. The fourth-order valence-electron chi connectivity index (χ4n) is 1.85. The molecule has 0 radical (unpaired) electrons. The molecule has 1 aromatic carbocycles. The predicted octanol–water partition coefficient (Wildman–Crippen LogP) is 1.86. The Morgan fingerprint density at radius 3 is 2.45 bits per heavy atom. The van der Waals surface area contributed by atoms with Crippen LogP contribution in [0.25, 0.3) is 0 Å². The zero-order valence-electron chi connectivity index (χ0n) is 12.2. The van der Waals surface area contributed by atoms with Gasteiger partial charge in [-0.15, -0.1) is 0 Å². The van der Waals surface area contributed by atoms with E-state index in [0.29, 0.717) is 12.0 Å². The van der Waals surface area contributed by atoms with E-state index in [9.17, 15) is 13.2 Å². The van der Waals surface area contributed by atoms with Crippen molar-refractivity contribution in [2.24, 2.45) is 5.92 Å². The Balaban J connectivity index is 3.10. The van der Waals surface area contributed by atoms with Crippen LogP contribution in [0.3, 0.4) is 0 Å². The number of carbonyl (C=O) groups excluding carboxylic acids is 1. The average molecular weight is 299 g/mol. The highest BCUT2D eigenvalue weighted by Crippen LogP contribution is 2.17. The highest BCUT2D eigenvalue weighted by atomic mass is 32.2. The number of benzene rings is 1. The summed E-state index contributed by atoms with van der Waals surface area (Å²) in [4.78, 5) is 11.9. The first-order valence-corrected chi connectivity index (χ1v) is 7.97. The summed E-state index contributed by atoms with van der Waals surface area (Å²) in [6.07, 6.45) is 0.663. The van der Waals surface area contributed by atoms with Gasteiger partial charge in [-0.2, -0.15) is 4.72 Å². The molecule has 0 amide bonds. The fourth-order valence-corrected chi connectivity index (χ4v) is 3.39. The Morgan fingerprint density at radius 2 is 1.95 bits per heavy atom. The summed E-state index contributed by atoms with van der Waals surface area (Å²) < 4.78 is 31.9. The van der Waals surface area contributed by atoms with E-state index in [1.54, 1.807) is 25.1 Å². The molecule has 1 rings (SSSR count). The molecule has 0 spiro atoms. The SMILES string of the molecule is CCC(C)C(NS(=O)(=O)c1ccccc1C)C(=O)OC. The van der Waals surface area contributed by atoms with Crippen LogP contribution >= 0.6 is 0 Å². The Kier molecular flexibility index (Phi) is 5.71. The van der Waals surface area contributed by atoms with Crippen LogP contribution in [0.1, 0.15) is 25.8 Å². The molecule has 0 saturated carbocycles. The summed E-state index contributed by atoms with van der Waals surface area (Å²) in [6.45, 7) is 5.41. The molecule has 5 nitrogen and oxygen atoms in total. The number of carbonyl (C=O) groups is 1. The maximum atomic E-state index is 12.4. The zero-order chi connectivity index (χ0) is 15.3. The molecule has 6 heteroatoms. The summed E-state index contributed by atoms with van der Waals surface area (Å²) in [5.41, 5.74) is 0.632. The molecule has 0 heterocycles.